The van der Waals surface area contributed by atoms with Gasteiger partial charge >= 0.3 is 11.9 Å². The van der Waals surface area contributed by atoms with Gasteiger partial charge in [0.15, 0.2) is 5.78 Å². The number of aliphatic hydroxyl groups is 1. The molecule has 3 aliphatic heterocycles. The fourth-order valence-corrected chi connectivity index (χ4v) is 6.74. The van der Waals surface area contributed by atoms with E-state index in [2.05, 4.69) is 0 Å². The maximum Gasteiger partial charge on any atom is 0.314 e. The normalized spacial score (nSPS) is 42.7. The number of aliphatic hydroxyl groups excluding tert-OH is 1. The van der Waals surface area contributed by atoms with Gasteiger partial charge in [-0.05, 0) is 63.3 Å². The van der Waals surface area contributed by atoms with E-state index >= 15 is 0 Å². The van der Waals surface area contributed by atoms with Gasteiger partial charge in [0.1, 0.15) is 17.5 Å². The number of ether oxygens (including phenoxy) is 3. The second-order valence-electron chi connectivity index (χ2n) is 10.6. The average Bonchev–Trinajstić information content (AvgIpc) is 2.88. The highest BCUT2D eigenvalue weighted by molar-refractivity contribution is 6.01. The molecule has 3 heterocycles. The van der Waals surface area contributed by atoms with Crippen LogP contribution in [0.2, 0.25) is 0 Å². The standard InChI is InChI=1S/C24H28O8/c1-10-19(28)17-18-20(30-10)31-21(29)23(18,4)8-14-12(9-25)11-6-16(27)32-22(2,3)13(11)7-15(26)24(14,17)5/h10,17-18,20,25H,6-9H2,1-5H3/t10-,17-,18-,20+,23+,24+/m0/s1. The Bertz CT molecular complexity index is 1050. The molecular formula is C24H28O8. The van der Waals surface area contributed by atoms with Crippen molar-refractivity contribution in [2.45, 2.75) is 71.9 Å². The highest BCUT2D eigenvalue weighted by Crippen LogP contribution is 2.65. The summed E-state index contributed by atoms with van der Waals surface area (Å²) in [7, 11) is 0. The molecule has 5 aliphatic rings. The van der Waals surface area contributed by atoms with Gasteiger partial charge in [-0.15, -0.1) is 0 Å². The topological polar surface area (TPSA) is 116 Å². The predicted molar refractivity (Wildman–Crippen MR) is 109 cm³/mol. The van der Waals surface area contributed by atoms with Crippen LogP contribution in [0.3, 0.4) is 0 Å². The molecule has 0 bridgehead atoms. The number of allylic oxidation sites excluding steroid dienone is 1. The van der Waals surface area contributed by atoms with Crippen LogP contribution in [0.15, 0.2) is 22.3 Å². The first-order valence-electron chi connectivity index (χ1n) is 11.1. The third-order valence-electron chi connectivity index (χ3n) is 8.50. The van der Waals surface area contributed by atoms with E-state index in [-0.39, 0.29) is 30.8 Å². The summed E-state index contributed by atoms with van der Waals surface area (Å²) in [6, 6.07) is 0. The zero-order valence-corrected chi connectivity index (χ0v) is 18.9. The highest BCUT2D eigenvalue weighted by atomic mass is 16.7. The lowest BCUT2D eigenvalue weighted by molar-refractivity contribution is -0.211. The molecule has 0 aromatic carbocycles. The summed E-state index contributed by atoms with van der Waals surface area (Å²) in [5, 5.41) is 10.5. The van der Waals surface area contributed by atoms with Gasteiger partial charge in [-0.1, -0.05) is 0 Å². The number of esters is 2. The maximum absolute atomic E-state index is 14.0. The zero-order valence-electron chi connectivity index (χ0n) is 18.9. The lowest BCUT2D eigenvalue weighted by Gasteiger charge is -2.53. The van der Waals surface area contributed by atoms with Crippen LogP contribution in [0.25, 0.3) is 0 Å². The molecule has 0 spiro atoms. The van der Waals surface area contributed by atoms with Gasteiger partial charge in [0.25, 0.3) is 0 Å². The molecule has 6 atom stereocenters. The second-order valence-corrected chi connectivity index (χ2v) is 10.6. The van der Waals surface area contributed by atoms with Gasteiger partial charge in [0, 0.05) is 18.3 Å². The van der Waals surface area contributed by atoms with Crippen molar-refractivity contribution >= 4 is 23.5 Å². The van der Waals surface area contributed by atoms with Gasteiger partial charge < -0.3 is 19.3 Å². The Morgan fingerprint density at radius 3 is 2.38 bits per heavy atom. The van der Waals surface area contributed by atoms with Crippen LogP contribution in [0.4, 0.5) is 0 Å². The Morgan fingerprint density at radius 2 is 1.72 bits per heavy atom. The van der Waals surface area contributed by atoms with Crippen molar-refractivity contribution in [1.82, 2.24) is 0 Å². The molecule has 172 valence electrons. The van der Waals surface area contributed by atoms with Crippen LogP contribution in [-0.2, 0) is 33.4 Å². The van der Waals surface area contributed by atoms with Crippen molar-refractivity contribution in [2.24, 2.45) is 22.7 Å². The summed E-state index contributed by atoms with van der Waals surface area (Å²) >= 11 is 0. The molecule has 0 aromatic rings. The number of rotatable bonds is 1. The van der Waals surface area contributed by atoms with Gasteiger partial charge in [-0.25, -0.2) is 0 Å². The number of carbonyl (C=O) groups excluding carboxylic acids is 4. The van der Waals surface area contributed by atoms with Crippen LogP contribution in [0.5, 0.6) is 0 Å². The van der Waals surface area contributed by atoms with Crippen molar-refractivity contribution in [3.8, 4) is 0 Å². The Balaban J connectivity index is 1.81. The molecule has 2 aliphatic carbocycles. The molecule has 0 radical (unpaired) electrons. The van der Waals surface area contributed by atoms with E-state index in [9.17, 15) is 24.3 Å². The third kappa shape index (κ3) is 2.45. The average molecular weight is 444 g/mol. The van der Waals surface area contributed by atoms with Crippen molar-refractivity contribution < 1.29 is 38.5 Å². The van der Waals surface area contributed by atoms with E-state index in [0.717, 1.165) is 0 Å². The number of carbonyl (C=O) groups is 4. The van der Waals surface area contributed by atoms with Crippen LogP contribution in [0, 0.1) is 22.7 Å². The van der Waals surface area contributed by atoms with E-state index in [1.165, 1.54) is 0 Å². The minimum Gasteiger partial charge on any atom is -0.455 e. The monoisotopic (exact) mass is 444 g/mol. The molecule has 0 aromatic heterocycles. The fraction of sp³-hybridized carbons (Fsp3) is 0.667. The van der Waals surface area contributed by atoms with Crippen LogP contribution in [-0.4, -0.2) is 53.2 Å². The molecule has 32 heavy (non-hydrogen) atoms. The molecule has 2 saturated heterocycles. The van der Waals surface area contributed by atoms with E-state index < -0.39 is 59.2 Å². The number of hydrogen-bond donors (Lipinski definition) is 1. The summed E-state index contributed by atoms with van der Waals surface area (Å²) in [6.45, 7) is 8.14. The first kappa shape index (κ1) is 21.5. The molecule has 8 nitrogen and oxygen atoms in total. The van der Waals surface area contributed by atoms with E-state index in [4.69, 9.17) is 14.2 Å². The molecule has 8 heteroatoms. The summed E-state index contributed by atoms with van der Waals surface area (Å²) < 4.78 is 16.8. The minimum absolute atomic E-state index is 0.00103. The Hall–Kier alpha value is -2.32. The van der Waals surface area contributed by atoms with Crippen molar-refractivity contribution in [3.63, 3.8) is 0 Å². The predicted octanol–water partition coefficient (Wildman–Crippen LogP) is 1.79. The van der Waals surface area contributed by atoms with Gasteiger partial charge in [-0.3, -0.25) is 19.2 Å². The number of fused-ring (bicyclic) bond motifs is 2. The molecule has 3 fully saturated rings. The van der Waals surface area contributed by atoms with Gasteiger partial charge in [-0.2, -0.15) is 0 Å². The fourth-order valence-electron chi connectivity index (χ4n) is 6.74. The molecular weight excluding hydrogens is 416 g/mol. The van der Waals surface area contributed by atoms with Crippen LogP contribution < -0.4 is 0 Å². The Morgan fingerprint density at radius 1 is 1.03 bits per heavy atom. The van der Waals surface area contributed by atoms with Crippen molar-refractivity contribution in [1.29, 1.82) is 0 Å². The van der Waals surface area contributed by atoms with Crippen LogP contribution >= 0.6 is 0 Å². The van der Waals surface area contributed by atoms with Crippen molar-refractivity contribution in [3.05, 3.63) is 22.3 Å². The zero-order chi connectivity index (χ0) is 23.4. The molecule has 5 rings (SSSR count). The number of hydrogen-bond acceptors (Lipinski definition) is 8. The Kier molecular flexibility index (Phi) is 4.29. The SMILES string of the molecule is C[C@@H]1O[C@@H]2OC(=O)[C@]3(C)CC4=C(CO)C5=C(CC(=O)[C@]4(C)[C@H](C1=O)[C@@H]23)C(C)(C)OC(=O)C5. The quantitative estimate of drug-likeness (QED) is 0.609. The smallest absolute Gasteiger partial charge is 0.314 e. The molecule has 0 unspecified atom stereocenters. The minimum atomic E-state index is -1.25. The summed E-state index contributed by atoms with van der Waals surface area (Å²) in [5.74, 6) is -2.76. The first-order chi connectivity index (χ1) is 14.9. The third-order valence-corrected chi connectivity index (χ3v) is 8.50. The van der Waals surface area contributed by atoms with Crippen molar-refractivity contribution in [2.75, 3.05) is 6.61 Å². The lowest BCUT2D eigenvalue weighted by Crippen LogP contribution is -2.61. The Labute approximate surface area is 186 Å². The largest absolute Gasteiger partial charge is 0.455 e. The number of ketones is 2. The van der Waals surface area contributed by atoms with E-state index in [1.54, 1.807) is 34.6 Å². The summed E-state index contributed by atoms with van der Waals surface area (Å²) in [5.41, 5.74) is -1.06. The highest BCUT2D eigenvalue weighted by Gasteiger charge is 2.71. The van der Waals surface area contributed by atoms with Gasteiger partial charge in [0.2, 0.25) is 6.29 Å². The summed E-state index contributed by atoms with van der Waals surface area (Å²) in [4.78, 5) is 52.9. The number of cyclic esters (lactones) is 1. The molecule has 1 saturated carbocycles. The van der Waals surface area contributed by atoms with Gasteiger partial charge in [0.05, 0.1) is 23.9 Å². The lowest BCUT2D eigenvalue weighted by atomic mass is 9.48. The van der Waals surface area contributed by atoms with E-state index in [0.29, 0.717) is 22.3 Å². The molecule has 0 amide bonds. The van der Waals surface area contributed by atoms with Crippen LogP contribution in [0.1, 0.15) is 53.9 Å². The maximum atomic E-state index is 14.0. The number of Topliss-reactive ketones (excluding diaryl/α,β-unsaturated/α-hetero) is 2. The second kappa shape index (κ2) is 6.38. The first-order valence-corrected chi connectivity index (χ1v) is 11.1. The van der Waals surface area contributed by atoms with E-state index in [1.807, 2.05) is 0 Å². The molecule has 1 N–H and O–H groups in total. The summed E-state index contributed by atoms with van der Waals surface area (Å²) in [6.07, 6.45) is -1.63.